The summed E-state index contributed by atoms with van der Waals surface area (Å²) in [6.45, 7) is 4.04. The highest BCUT2D eigenvalue weighted by molar-refractivity contribution is 7.89. The zero-order chi connectivity index (χ0) is 15.8. The van der Waals surface area contributed by atoms with Gasteiger partial charge in [-0.25, -0.2) is 8.42 Å². The molecule has 0 saturated heterocycles. The van der Waals surface area contributed by atoms with Gasteiger partial charge in [-0.2, -0.15) is 0 Å². The van der Waals surface area contributed by atoms with Crippen molar-refractivity contribution in [2.75, 3.05) is 6.26 Å². The molecule has 5 nitrogen and oxygen atoms in total. The largest absolute Gasteiger partial charge is 0.508 e. The van der Waals surface area contributed by atoms with E-state index in [9.17, 15) is 18.6 Å². The fourth-order valence-electron chi connectivity index (χ4n) is 2.97. The topological polar surface area (TPSA) is 86.6 Å². The van der Waals surface area contributed by atoms with E-state index in [1.807, 2.05) is 13.8 Å². The summed E-state index contributed by atoms with van der Waals surface area (Å²) in [7, 11) is -3.24. The first-order valence-electron chi connectivity index (χ1n) is 7.14. The number of aliphatic hydroxyl groups excluding tert-OH is 1. The van der Waals surface area contributed by atoms with Crippen LogP contribution in [0.3, 0.4) is 0 Å². The van der Waals surface area contributed by atoms with Crippen molar-refractivity contribution < 1.29 is 18.6 Å². The number of fused-ring (bicyclic) bond motifs is 1. The summed E-state index contributed by atoms with van der Waals surface area (Å²) in [4.78, 5) is 0. The van der Waals surface area contributed by atoms with Gasteiger partial charge in [-0.15, -0.1) is 0 Å². The minimum absolute atomic E-state index is 0.0124. The highest BCUT2D eigenvalue weighted by atomic mass is 32.2. The summed E-state index contributed by atoms with van der Waals surface area (Å²) in [5.41, 5.74) is 1.92. The van der Waals surface area contributed by atoms with Crippen LogP contribution in [0.1, 0.15) is 43.1 Å². The molecule has 0 heterocycles. The van der Waals surface area contributed by atoms with E-state index in [0.717, 1.165) is 17.4 Å². The van der Waals surface area contributed by atoms with Gasteiger partial charge in [-0.05, 0) is 30.0 Å². The molecule has 0 spiro atoms. The molecule has 1 aliphatic rings. The fraction of sp³-hybridized carbons (Fsp3) is 0.600. The highest BCUT2D eigenvalue weighted by Crippen LogP contribution is 2.36. The number of hydrogen-bond acceptors (Lipinski definition) is 5. The lowest BCUT2D eigenvalue weighted by atomic mass is 9.83. The molecular weight excluding hydrogens is 290 g/mol. The first-order chi connectivity index (χ1) is 9.69. The van der Waals surface area contributed by atoms with Crippen LogP contribution in [0.4, 0.5) is 0 Å². The Bertz CT molecular complexity index is 625. The number of nitrogens with one attached hydrogen (secondary N) is 1. The van der Waals surface area contributed by atoms with Crippen LogP contribution in [0.2, 0.25) is 0 Å². The number of phenols is 1. The molecule has 2 unspecified atom stereocenters. The molecular formula is C15H23NO4S. The van der Waals surface area contributed by atoms with Crippen LogP contribution < -0.4 is 5.32 Å². The maximum absolute atomic E-state index is 11.5. The van der Waals surface area contributed by atoms with E-state index in [1.165, 1.54) is 6.07 Å². The molecule has 1 aromatic carbocycles. The molecule has 0 saturated carbocycles. The zero-order valence-electron chi connectivity index (χ0n) is 12.6. The first kappa shape index (κ1) is 16.3. The molecule has 2 rings (SSSR count). The Labute approximate surface area is 125 Å². The van der Waals surface area contributed by atoms with Gasteiger partial charge in [-0.3, -0.25) is 0 Å². The van der Waals surface area contributed by atoms with Crippen LogP contribution >= 0.6 is 0 Å². The maximum atomic E-state index is 11.5. The van der Waals surface area contributed by atoms with Gasteiger partial charge in [0.1, 0.15) is 5.75 Å². The summed E-state index contributed by atoms with van der Waals surface area (Å²) in [5, 5.41) is 23.8. The summed E-state index contributed by atoms with van der Waals surface area (Å²) in [6, 6.07) is 3.38. The smallest absolute Gasteiger partial charge is 0.151 e. The van der Waals surface area contributed by atoms with E-state index < -0.39 is 15.9 Å². The number of benzene rings is 1. The molecule has 0 bridgehead atoms. The molecule has 3 N–H and O–H groups in total. The van der Waals surface area contributed by atoms with Crippen LogP contribution in [0.25, 0.3) is 0 Å². The van der Waals surface area contributed by atoms with Crippen molar-refractivity contribution in [1.82, 2.24) is 5.32 Å². The number of rotatable bonds is 4. The Morgan fingerprint density at radius 3 is 2.62 bits per heavy atom. The number of aliphatic hydroxyl groups is 1. The summed E-state index contributed by atoms with van der Waals surface area (Å²) in [5.74, 6) is -0.210. The summed E-state index contributed by atoms with van der Waals surface area (Å²) >= 11 is 0. The highest BCUT2D eigenvalue weighted by Gasteiger charge is 2.31. The molecule has 1 aliphatic carbocycles. The average molecular weight is 313 g/mol. The predicted octanol–water partition coefficient (Wildman–Crippen LogP) is 1.28. The first-order valence-corrected chi connectivity index (χ1v) is 9.20. The van der Waals surface area contributed by atoms with Crippen molar-refractivity contribution in [2.45, 2.75) is 50.6 Å². The van der Waals surface area contributed by atoms with Crippen LogP contribution in [-0.4, -0.2) is 37.0 Å². The second kappa shape index (κ2) is 5.94. The molecule has 0 aromatic heterocycles. The molecule has 21 heavy (non-hydrogen) atoms. The normalized spacial score (nSPS) is 22.3. The van der Waals surface area contributed by atoms with Crippen LogP contribution in [0.15, 0.2) is 12.1 Å². The Hall–Kier alpha value is -1.11. The van der Waals surface area contributed by atoms with Crippen molar-refractivity contribution in [3.8, 4) is 5.75 Å². The molecule has 0 radical (unpaired) electrons. The lowest BCUT2D eigenvalue weighted by Crippen LogP contribution is -2.42. The number of hydrogen-bond donors (Lipinski definition) is 3. The Kier molecular flexibility index (Phi) is 4.60. The third-order valence-electron chi connectivity index (χ3n) is 3.80. The van der Waals surface area contributed by atoms with Crippen LogP contribution in [-0.2, 0) is 22.0 Å². The minimum Gasteiger partial charge on any atom is -0.508 e. The Morgan fingerprint density at radius 2 is 2.05 bits per heavy atom. The second-order valence-corrected chi connectivity index (χ2v) is 8.25. The lowest BCUT2D eigenvalue weighted by molar-refractivity contribution is 0.110. The summed E-state index contributed by atoms with van der Waals surface area (Å²) < 4.78 is 23.1. The van der Waals surface area contributed by atoms with Gasteiger partial charge in [0.15, 0.2) is 9.84 Å². The van der Waals surface area contributed by atoms with E-state index in [4.69, 9.17) is 0 Å². The molecule has 0 aliphatic heterocycles. The lowest BCUT2D eigenvalue weighted by Gasteiger charge is -2.33. The van der Waals surface area contributed by atoms with Gasteiger partial charge in [-0.1, -0.05) is 19.9 Å². The predicted molar refractivity (Wildman–Crippen MR) is 82.0 cm³/mol. The molecule has 118 valence electrons. The summed E-state index contributed by atoms with van der Waals surface area (Å²) in [6.07, 6.45) is 1.83. The van der Waals surface area contributed by atoms with E-state index in [1.54, 1.807) is 6.07 Å². The number of sulfone groups is 1. The zero-order valence-corrected chi connectivity index (χ0v) is 13.4. The molecule has 6 heteroatoms. The van der Waals surface area contributed by atoms with E-state index in [-0.39, 0.29) is 23.6 Å². The SMILES string of the molecule is CC(C)NC1CCc2c(ccc(O)c2CS(C)(=O)=O)C1O. The molecule has 2 atom stereocenters. The van der Waals surface area contributed by atoms with Gasteiger partial charge >= 0.3 is 0 Å². The maximum Gasteiger partial charge on any atom is 0.151 e. The minimum atomic E-state index is -3.24. The van der Waals surface area contributed by atoms with Gasteiger partial charge in [0.2, 0.25) is 0 Å². The van der Waals surface area contributed by atoms with Gasteiger partial charge in [0.25, 0.3) is 0 Å². The third-order valence-corrected chi connectivity index (χ3v) is 4.61. The van der Waals surface area contributed by atoms with Gasteiger partial charge in [0, 0.05) is 23.9 Å². The fourth-order valence-corrected chi connectivity index (χ4v) is 3.82. The van der Waals surface area contributed by atoms with Crippen molar-refractivity contribution >= 4 is 9.84 Å². The molecule has 0 fully saturated rings. The van der Waals surface area contributed by atoms with Crippen LogP contribution in [0, 0.1) is 0 Å². The number of phenolic OH excluding ortho intramolecular Hbond substituents is 1. The average Bonchev–Trinajstić information content (AvgIpc) is 2.34. The van der Waals surface area contributed by atoms with Crippen molar-refractivity contribution in [3.63, 3.8) is 0 Å². The van der Waals surface area contributed by atoms with E-state index in [2.05, 4.69) is 5.32 Å². The Morgan fingerprint density at radius 1 is 1.38 bits per heavy atom. The number of aromatic hydroxyl groups is 1. The monoisotopic (exact) mass is 313 g/mol. The van der Waals surface area contributed by atoms with Crippen molar-refractivity contribution in [3.05, 3.63) is 28.8 Å². The van der Waals surface area contributed by atoms with E-state index in [0.29, 0.717) is 18.4 Å². The van der Waals surface area contributed by atoms with E-state index >= 15 is 0 Å². The molecule has 1 aromatic rings. The quantitative estimate of drug-likeness (QED) is 0.779. The van der Waals surface area contributed by atoms with Gasteiger partial charge in [0.05, 0.1) is 11.9 Å². The Balaban J connectivity index is 2.40. The molecule has 0 amide bonds. The standard InChI is InChI=1S/C15H23NO4S/c1-9(2)16-13-6-4-10-11(15(13)18)5-7-14(17)12(10)8-21(3,19)20/h5,7,9,13,15-18H,4,6,8H2,1-3H3. The second-order valence-electron chi connectivity index (χ2n) is 6.11. The third kappa shape index (κ3) is 3.75. The van der Waals surface area contributed by atoms with Crippen molar-refractivity contribution in [2.24, 2.45) is 0 Å². The van der Waals surface area contributed by atoms with Gasteiger partial charge < -0.3 is 15.5 Å². The van der Waals surface area contributed by atoms with Crippen LogP contribution in [0.5, 0.6) is 5.75 Å². The van der Waals surface area contributed by atoms with Crippen molar-refractivity contribution in [1.29, 1.82) is 0 Å².